The molecule has 1 saturated heterocycles. The molecule has 1 aromatic rings. The lowest BCUT2D eigenvalue weighted by Gasteiger charge is -2.27. The number of hydrogen-bond acceptors (Lipinski definition) is 2. The van der Waals surface area contributed by atoms with Crippen molar-refractivity contribution in [1.82, 2.24) is 0 Å². The average molecular weight is 261 g/mol. The minimum Gasteiger partial charge on any atom is -0.492 e. The Kier molecular flexibility index (Phi) is 5.20. The van der Waals surface area contributed by atoms with E-state index >= 15 is 0 Å². The number of quaternary nitrogens is 2. The Hall–Kier alpha value is -1.57. The number of piperazine rings is 1. The Balaban J connectivity index is 1.68. The highest BCUT2D eigenvalue weighted by atomic mass is 16.5. The molecule has 0 atom stereocenters. The van der Waals surface area contributed by atoms with Crippen LogP contribution in [0.1, 0.15) is 12.0 Å². The fourth-order valence-corrected chi connectivity index (χ4v) is 2.47. The number of nitriles is 1. The van der Waals surface area contributed by atoms with Gasteiger partial charge in [0.25, 0.3) is 0 Å². The minimum absolute atomic E-state index is 0.623. The first-order valence-electron chi connectivity index (χ1n) is 7.06. The van der Waals surface area contributed by atoms with Crippen LogP contribution in [0.15, 0.2) is 24.3 Å². The molecule has 4 nitrogen and oxygen atoms in total. The molecule has 19 heavy (non-hydrogen) atoms. The molecule has 0 aliphatic carbocycles. The zero-order chi connectivity index (χ0) is 13.5. The maximum absolute atomic E-state index is 8.97. The molecule has 2 N–H and O–H groups in total. The van der Waals surface area contributed by atoms with Crippen LogP contribution in [0, 0.1) is 11.3 Å². The van der Waals surface area contributed by atoms with Gasteiger partial charge in [-0.05, 0) is 12.1 Å². The third-order valence-electron chi connectivity index (χ3n) is 3.75. The number of nitrogens with zero attached hydrogens (tertiary/aromatic N) is 1. The summed E-state index contributed by atoms with van der Waals surface area (Å²) in [6, 6.07) is 9.59. The van der Waals surface area contributed by atoms with Gasteiger partial charge in [-0.3, -0.25) is 0 Å². The Morgan fingerprint density at radius 2 is 1.95 bits per heavy atom. The Labute approximate surface area is 115 Å². The van der Waals surface area contributed by atoms with Gasteiger partial charge >= 0.3 is 0 Å². The van der Waals surface area contributed by atoms with Crippen LogP contribution in [0.25, 0.3) is 0 Å². The van der Waals surface area contributed by atoms with Crippen LogP contribution in [0.4, 0.5) is 0 Å². The van der Waals surface area contributed by atoms with E-state index in [9.17, 15) is 0 Å². The molecule has 0 unspecified atom stereocenters. The molecule has 1 heterocycles. The van der Waals surface area contributed by atoms with E-state index in [1.807, 2.05) is 18.2 Å². The predicted molar refractivity (Wildman–Crippen MR) is 73.5 cm³/mol. The maximum atomic E-state index is 8.97. The SMILES string of the molecule is C[NH+]1CC[NH+](CCCOc2ccccc2C#N)CC1. The molecule has 0 bridgehead atoms. The topological polar surface area (TPSA) is 41.9 Å². The summed E-state index contributed by atoms with van der Waals surface area (Å²) < 4.78 is 5.70. The number of para-hydroxylation sites is 1. The van der Waals surface area contributed by atoms with Crippen molar-refractivity contribution in [2.24, 2.45) is 0 Å². The molecule has 1 aliphatic heterocycles. The molecule has 1 aromatic carbocycles. The first-order chi connectivity index (χ1) is 9.29. The van der Waals surface area contributed by atoms with Crippen LogP contribution in [-0.4, -0.2) is 46.4 Å². The molecular weight excluding hydrogens is 238 g/mol. The highest BCUT2D eigenvalue weighted by molar-refractivity contribution is 5.42. The van der Waals surface area contributed by atoms with E-state index in [0.717, 1.165) is 6.42 Å². The van der Waals surface area contributed by atoms with E-state index in [1.165, 1.54) is 32.7 Å². The van der Waals surface area contributed by atoms with Crippen LogP contribution in [-0.2, 0) is 0 Å². The second-order valence-electron chi connectivity index (χ2n) is 5.27. The summed E-state index contributed by atoms with van der Waals surface area (Å²) in [5, 5.41) is 8.97. The van der Waals surface area contributed by atoms with Gasteiger partial charge in [-0.2, -0.15) is 5.26 Å². The number of likely N-dealkylation sites (N-methyl/N-ethyl adjacent to an activating group) is 1. The molecule has 4 heteroatoms. The zero-order valence-corrected chi connectivity index (χ0v) is 11.6. The molecule has 0 saturated carbocycles. The van der Waals surface area contributed by atoms with Gasteiger partial charge in [0.1, 0.15) is 38.0 Å². The van der Waals surface area contributed by atoms with Crippen molar-refractivity contribution < 1.29 is 14.5 Å². The van der Waals surface area contributed by atoms with Crippen molar-refractivity contribution in [2.75, 3.05) is 46.4 Å². The minimum atomic E-state index is 0.623. The third kappa shape index (κ3) is 4.23. The van der Waals surface area contributed by atoms with Gasteiger partial charge in [0.05, 0.1) is 25.8 Å². The zero-order valence-electron chi connectivity index (χ0n) is 11.6. The number of benzene rings is 1. The fraction of sp³-hybridized carbons (Fsp3) is 0.533. The Bertz CT molecular complexity index is 433. The molecule has 0 amide bonds. The van der Waals surface area contributed by atoms with E-state index in [1.54, 1.807) is 15.9 Å². The molecule has 0 radical (unpaired) electrons. The van der Waals surface area contributed by atoms with Crippen LogP contribution >= 0.6 is 0 Å². The molecule has 0 aromatic heterocycles. The van der Waals surface area contributed by atoms with Crippen LogP contribution in [0.3, 0.4) is 0 Å². The van der Waals surface area contributed by atoms with Crippen molar-refractivity contribution in [3.63, 3.8) is 0 Å². The average Bonchev–Trinajstić information content (AvgIpc) is 2.46. The van der Waals surface area contributed by atoms with Gasteiger partial charge in [-0.15, -0.1) is 0 Å². The summed E-state index contributed by atoms with van der Waals surface area (Å²) in [6.07, 6.45) is 1.05. The quantitative estimate of drug-likeness (QED) is 0.650. The van der Waals surface area contributed by atoms with Crippen LogP contribution in [0.2, 0.25) is 0 Å². The highest BCUT2D eigenvalue weighted by Crippen LogP contribution is 2.16. The smallest absolute Gasteiger partial charge is 0.137 e. The lowest BCUT2D eigenvalue weighted by atomic mass is 10.2. The standard InChI is InChI=1S/C15H21N3O/c1-17-8-10-18(11-9-17)7-4-12-19-15-6-3-2-5-14(15)13-16/h2-3,5-6H,4,7-12H2,1H3/p+2. The van der Waals surface area contributed by atoms with Crippen molar-refractivity contribution in [2.45, 2.75) is 6.42 Å². The van der Waals surface area contributed by atoms with Gasteiger partial charge < -0.3 is 14.5 Å². The summed E-state index contributed by atoms with van der Waals surface area (Å²) in [6.45, 7) is 6.94. The van der Waals surface area contributed by atoms with Crippen LogP contribution in [0.5, 0.6) is 5.75 Å². The van der Waals surface area contributed by atoms with E-state index in [0.29, 0.717) is 17.9 Å². The Morgan fingerprint density at radius 1 is 1.21 bits per heavy atom. The van der Waals surface area contributed by atoms with Gasteiger partial charge in [0.15, 0.2) is 0 Å². The second kappa shape index (κ2) is 7.13. The first kappa shape index (κ1) is 13.9. The lowest BCUT2D eigenvalue weighted by Crippen LogP contribution is -3.27. The molecule has 1 fully saturated rings. The van der Waals surface area contributed by atoms with E-state index in [4.69, 9.17) is 10.00 Å². The number of nitrogens with one attached hydrogen (secondary N) is 2. The molecular formula is C15H23N3O+2. The summed E-state index contributed by atoms with van der Waals surface area (Å²) in [5.74, 6) is 0.711. The Morgan fingerprint density at radius 3 is 2.68 bits per heavy atom. The molecule has 0 spiro atoms. The monoisotopic (exact) mass is 261 g/mol. The van der Waals surface area contributed by atoms with Crippen molar-refractivity contribution in [3.05, 3.63) is 29.8 Å². The number of ether oxygens (including phenoxy) is 1. The van der Waals surface area contributed by atoms with Crippen molar-refractivity contribution in [1.29, 1.82) is 5.26 Å². The molecule has 1 aliphatic rings. The van der Waals surface area contributed by atoms with Gasteiger partial charge in [0, 0.05) is 6.42 Å². The van der Waals surface area contributed by atoms with E-state index in [-0.39, 0.29) is 0 Å². The van der Waals surface area contributed by atoms with Gasteiger partial charge in [0.2, 0.25) is 0 Å². The van der Waals surface area contributed by atoms with Gasteiger partial charge in [-0.1, -0.05) is 12.1 Å². The lowest BCUT2D eigenvalue weighted by molar-refractivity contribution is -1.00. The van der Waals surface area contributed by atoms with Crippen molar-refractivity contribution >= 4 is 0 Å². The molecule has 102 valence electrons. The predicted octanol–water partition coefficient (Wildman–Crippen LogP) is -1.26. The van der Waals surface area contributed by atoms with Crippen LogP contribution < -0.4 is 14.5 Å². The third-order valence-corrected chi connectivity index (χ3v) is 3.75. The van der Waals surface area contributed by atoms with E-state index < -0.39 is 0 Å². The first-order valence-corrected chi connectivity index (χ1v) is 7.06. The second-order valence-corrected chi connectivity index (χ2v) is 5.27. The number of rotatable bonds is 5. The summed E-state index contributed by atoms with van der Waals surface area (Å²) in [4.78, 5) is 3.32. The summed E-state index contributed by atoms with van der Waals surface area (Å²) in [5.41, 5.74) is 0.623. The van der Waals surface area contributed by atoms with E-state index in [2.05, 4.69) is 13.1 Å². The highest BCUT2D eigenvalue weighted by Gasteiger charge is 2.18. The maximum Gasteiger partial charge on any atom is 0.137 e. The number of hydrogen-bond donors (Lipinski definition) is 2. The summed E-state index contributed by atoms with van der Waals surface area (Å²) >= 11 is 0. The normalized spacial score (nSPS) is 22.7. The summed E-state index contributed by atoms with van der Waals surface area (Å²) in [7, 11) is 2.26. The largest absolute Gasteiger partial charge is 0.492 e. The fourth-order valence-electron chi connectivity index (χ4n) is 2.47. The van der Waals surface area contributed by atoms with Gasteiger partial charge in [-0.25, -0.2) is 0 Å². The molecule has 2 rings (SSSR count). The van der Waals surface area contributed by atoms with Crippen molar-refractivity contribution in [3.8, 4) is 11.8 Å².